The SMILES string of the molecule is O=C(O)c1ccccc1-c1ccc(/C=c2/sc3nc4cc(Br)cnc4n3c2=O)o1. The number of halogens is 1. The molecule has 5 rings (SSSR count). The maximum atomic E-state index is 12.8. The number of benzene rings is 1. The lowest BCUT2D eigenvalue weighted by atomic mass is 10.1. The number of imidazole rings is 1. The molecule has 4 heterocycles. The van der Waals surface area contributed by atoms with Crippen LogP contribution in [0.3, 0.4) is 0 Å². The van der Waals surface area contributed by atoms with Crippen molar-refractivity contribution in [2.75, 3.05) is 0 Å². The summed E-state index contributed by atoms with van der Waals surface area (Å²) in [5.41, 5.74) is 1.53. The zero-order valence-electron chi connectivity index (χ0n) is 14.5. The molecule has 142 valence electrons. The van der Waals surface area contributed by atoms with Crippen LogP contribution in [0.25, 0.3) is 33.5 Å². The number of nitrogens with zero attached hydrogens (tertiary/aromatic N) is 3. The molecule has 0 saturated carbocycles. The Morgan fingerprint density at radius 3 is 2.90 bits per heavy atom. The normalized spacial score (nSPS) is 12.2. The molecule has 0 spiro atoms. The third-order valence-electron chi connectivity index (χ3n) is 4.37. The standard InChI is InChI=1S/C20H10BrN3O4S/c21-10-7-14-17(22-9-10)24-18(25)16(29-20(24)23-14)8-11-5-6-15(28-11)12-3-1-2-4-13(12)19(26)27/h1-9H,(H,26,27)/b16-8+. The summed E-state index contributed by atoms with van der Waals surface area (Å²) in [7, 11) is 0. The highest BCUT2D eigenvalue weighted by Gasteiger charge is 2.15. The first-order chi connectivity index (χ1) is 14.0. The number of carboxylic acid groups (broad SMARTS) is 1. The van der Waals surface area contributed by atoms with Crippen LogP contribution in [0.15, 0.2) is 62.3 Å². The number of aromatic carboxylic acids is 1. The molecule has 0 atom stereocenters. The fraction of sp³-hybridized carbons (Fsp3) is 0. The van der Waals surface area contributed by atoms with Gasteiger partial charge in [-0.05, 0) is 40.2 Å². The second-order valence-corrected chi connectivity index (χ2v) is 8.12. The Labute approximate surface area is 174 Å². The molecular weight excluding hydrogens is 458 g/mol. The van der Waals surface area contributed by atoms with Gasteiger partial charge in [-0.1, -0.05) is 29.5 Å². The molecule has 0 unspecified atom stereocenters. The Morgan fingerprint density at radius 1 is 1.24 bits per heavy atom. The van der Waals surface area contributed by atoms with Crippen molar-refractivity contribution in [2.24, 2.45) is 0 Å². The summed E-state index contributed by atoms with van der Waals surface area (Å²) in [5.74, 6) is -0.170. The van der Waals surface area contributed by atoms with Crippen molar-refractivity contribution in [3.05, 3.63) is 79.3 Å². The summed E-state index contributed by atoms with van der Waals surface area (Å²) in [4.78, 5) is 33.6. The van der Waals surface area contributed by atoms with Gasteiger partial charge in [0.05, 0.1) is 5.56 Å². The highest BCUT2D eigenvalue weighted by Crippen LogP contribution is 2.26. The van der Waals surface area contributed by atoms with Gasteiger partial charge >= 0.3 is 5.97 Å². The van der Waals surface area contributed by atoms with Crippen molar-refractivity contribution in [3.63, 3.8) is 0 Å². The summed E-state index contributed by atoms with van der Waals surface area (Å²) in [6.45, 7) is 0. The zero-order valence-corrected chi connectivity index (χ0v) is 16.9. The number of carbonyl (C=O) groups is 1. The van der Waals surface area contributed by atoms with E-state index in [1.165, 1.54) is 21.8 Å². The Kier molecular flexibility index (Phi) is 4.07. The molecule has 0 aliphatic carbocycles. The fourth-order valence-corrected chi connectivity index (χ4v) is 4.38. The lowest BCUT2D eigenvalue weighted by molar-refractivity contribution is 0.0697. The molecule has 0 aliphatic rings. The van der Waals surface area contributed by atoms with E-state index in [4.69, 9.17) is 4.42 Å². The average molecular weight is 468 g/mol. The van der Waals surface area contributed by atoms with E-state index in [0.717, 1.165) is 4.47 Å². The number of pyridine rings is 1. The van der Waals surface area contributed by atoms with Gasteiger partial charge < -0.3 is 9.52 Å². The first-order valence-electron chi connectivity index (χ1n) is 8.42. The van der Waals surface area contributed by atoms with Crippen LogP contribution < -0.4 is 10.1 Å². The Hall–Kier alpha value is -3.30. The molecule has 29 heavy (non-hydrogen) atoms. The maximum Gasteiger partial charge on any atom is 0.336 e. The van der Waals surface area contributed by atoms with Crippen LogP contribution >= 0.6 is 27.3 Å². The number of thiazole rings is 1. The van der Waals surface area contributed by atoms with Gasteiger partial charge in [-0.15, -0.1) is 0 Å². The highest BCUT2D eigenvalue weighted by molar-refractivity contribution is 9.10. The van der Waals surface area contributed by atoms with E-state index < -0.39 is 5.97 Å². The van der Waals surface area contributed by atoms with Gasteiger partial charge in [-0.3, -0.25) is 4.79 Å². The smallest absolute Gasteiger partial charge is 0.336 e. The van der Waals surface area contributed by atoms with Crippen molar-refractivity contribution in [2.45, 2.75) is 0 Å². The largest absolute Gasteiger partial charge is 0.478 e. The predicted molar refractivity (Wildman–Crippen MR) is 112 cm³/mol. The van der Waals surface area contributed by atoms with E-state index in [2.05, 4.69) is 25.9 Å². The minimum absolute atomic E-state index is 0.149. The van der Waals surface area contributed by atoms with Crippen molar-refractivity contribution < 1.29 is 14.3 Å². The van der Waals surface area contributed by atoms with Gasteiger partial charge in [0, 0.05) is 22.3 Å². The van der Waals surface area contributed by atoms with Crippen LogP contribution in [0.4, 0.5) is 0 Å². The van der Waals surface area contributed by atoms with E-state index in [-0.39, 0.29) is 11.1 Å². The predicted octanol–water partition coefficient (Wildman–Crippen LogP) is 3.57. The van der Waals surface area contributed by atoms with Crippen LogP contribution in [-0.4, -0.2) is 25.4 Å². The van der Waals surface area contributed by atoms with Crippen LogP contribution in [0, 0.1) is 0 Å². The summed E-state index contributed by atoms with van der Waals surface area (Å²) >= 11 is 4.59. The number of rotatable bonds is 3. The molecule has 0 radical (unpaired) electrons. The van der Waals surface area contributed by atoms with Crippen LogP contribution in [0.2, 0.25) is 0 Å². The monoisotopic (exact) mass is 467 g/mol. The molecule has 7 nitrogen and oxygen atoms in total. The molecule has 5 aromatic rings. The molecule has 0 amide bonds. The van der Waals surface area contributed by atoms with E-state index in [1.54, 1.807) is 42.6 Å². The summed E-state index contributed by atoms with van der Waals surface area (Å²) < 4.78 is 8.51. The number of hydrogen-bond donors (Lipinski definition) is 1. The van der Waals surface area contributed by atoms with Gasteiger partial charge in [0.25, 0.3) is 5.56 Å². The quantitative estimate of drug-likeness (QED) is 0.435. The maximum absolute atomic E-state index is 12.8. The Morgan fingerprint density at radius 2 is 2.07 bits per heavy atom. The van der Waals surface area contributed by atoms with Gasteiger partial charge in [-0.25, -0.2) is 19.2 Å². The molecule has 1 N–H and O–H groups in total. The first-order valence-corrected chi connectivity index (χ1v) is 10.0. The molecule has 0 aliphatic heterocycles. The van der Waals surface area contributed by atoms with Gasteiger partial charge in [0.2, 0.25) is 0 Å². The lowest BCUT2D eigenvalue weighted by Gasteiger charge is -2.01. The van der Waals surface area contributed by atoms with Crippen molar-refractivity contribution in [1.82, 2.24) is 14.4 Å². The molecule has 0 fully saturated rings. The minimum Gasteiger partial charge on any atom is -0.478 e. The second kappa shape index (κ2) is 6.64. The lowest BCUT2D eigenvalue weighted by Crippen LogP contribution is -2.22. The van der Waals surface area contributed by atoms with Crippen molar-refractivity contribution >= 4 is 55.4 Å². The first kappa shape index (κ1) is 17.8. The Balaban J connectivity index is 1.62. The third-order valence-corrected chi connectivity index (χ3v) is 5.77. The topological polar surface area (TPSA) is 97.7 Å². The molecule has 1 aromatic carbocycles. The number of fused-ring (bicyclic) bond motifs is 3. The van der Waals surface area contributed by atoms with Gasteiger partial charge in [0.15, 0.2) is 10.6 Å². The van der Waals surface area contributed by atoms with Gasteiger partial charge in [0.1, 0.15) is 21.6 Å². The zero-order chi connectivity index (χ0) is 20.1. The molecule has 0 saturated heterocycles. The summed E-state index contributed by atoms with van der Waals surface area (Å²) in [5, 5.41) is 9.36. The third kappa shape index (κ3) is 2.95. The van der Waals surface area contributed by atoms with Gasteiger partial charge in [-0.2, -0.15) is 0 Å². The van der Waals surface area contributed by atoms with Crippen molar-refractivity contribution in [1.29, 1.82) is 0 Å². The number of carboxylic acids is 1. The number of hydrogen-bond acceptors (Lipinski definition) is 6. The molecule has 4 aromatic heterocycles. The fourth-order valence-electron chi connectivity index (χ4n) is 3.10. The average Bonchev–Trinajstić information content (AvgIpc) is 3.37. The van der Waals surface area contributed by atoms with Crippen molar-refractivity contribution in [3.8, 4) is 11.3 Å². The summed E-state index contributed by atoms with van der Waals surface area (Å²) in [6.07, 6.45) is 3.24. The van der Waals surface area contributed by atoms with E-state index in [0.29, 0.717) is 37.7 Å². The van der Waals surface area contributed by atoms with E-state index in [1.807, 2.05) is 6.07 Å². The van der Waals surface area contributed by atoms with Crippen LogP contribution in [-0.2, 0) is 0 Å². The van der Waals surface area contributed by atoms with Crippen LogP contribution in [0.5, 0.6) is 0 Å². The number of furan rings is 1. The second-order valence-electron chi connectivity index (χ2n) is 6.19. The molecule has 9 heteroatoms. The highest BCUT2D eigenvalue weighted by atomic mass is 79.9. The minimum atomic E-state index is -1.03. The van der Waals surface area contributed by atoms with E-state index >= 15 is 0 Å². The summed E-state index contributed by atoms with van der Waals surface area (Å²) in [6, 6.07) is 11.8. The molecule has 0 bridgehead atoms. The Bertz CT molecular complexity index is 1530. The van der Waals surface area contributed by atoms with E-state index in [9.17, 15) is 14.7 Å². The molecular formula is C20H10BrN3O4S. The number of aromatic nitrogens is 3. The van der Waals surface area contributed by atoms with Crippen LogP contribution in [0.1, 0.15) is 16.1 Å².